The van der Waals surface area contributed by atoms with Crippen LogP contribution < -0.4 is 5.32 Å². The van der Waals surface area contributed by atoms with E-state index in [4.69, 9.17) is 22.3 Å². The number of hydrogen-bond acceptors (Lipinski definition) is 3. The molecule has 0 spiro atoms. The van der Waals surface area contributed by atoms with Gasteiger partial charge in [0.1, 0.15) is 5.50 Å². The molecule has 0 aromatic rings. The molecule has 1 aliphatic heterocycles. The van der Waals surface area contributed by atoms with Gasteiger partial charge in [0, 0.05) is 10.7 Å². The van der Waals surface area contributed by atoms with E-state index >= 15 is 0 Å². The third-order valence-electron chi connectivity index (χ3n) is 1.13. The summed E-state index contributed by atoms with van der Waals surface area (Å²) in [7, 11) is 1.37. The summed E-state index contributed by atoms with van der Waals surface area (Å²) in [5, 5.41) is 2.59. The lowest BCUT2D eigenvalue weighted by molar-refractivity contribution is 0.612. The predicted octanol–water partition coefficient (Wildman–Crippen LogP) is 1.12. The first-order valence-electron chi connectivity index (χ1n) is 2.73. The summed E-state index contributed by atoms with van der Waals surface area (Å²) in [5.74, 6) is 0. The van der Waals surface area contributed by atoms with Crippen molar-refractivity contribution in [2.45, 2.75) is 5.50 Å². The van der Waals surface area contributed by atoms with E-state index in [0.717, 1.165) is 0 Å². The second kappa shape index (κ2) is 3.05. The third kappa shape index (κ3) is 2.12. The smallest absolute Gasteiger partial charge is 0.260 e. The average molecular weight is 214 g/mol. The molecule has 3 nitrogen and oxygen atoms in total. The minimum Gasteiger partial charge on any atom is -0.371 e. The minimum absolute atomic E-state index is 0.0247. The van der Waals surface area contributed by atoms with Gasteiger partial charge in [-0.25, -0.2) is 8.42 Å². The lowest BCUT2D eigenvalue weighted by atomic mass is 10.4. The fraction of sp³-hybridized carbons (Fsp3) is 0.200. The Bertz CT molecular complexity index is 306. The van der Waals surface area contributed by atoms with Crippen molar-refractivity contribution in [1.82, 2.24) is 5.32 Å². The molecule has 0 aromatic carbocycles. The van der Waals surface area contributed by atoms with Crippen molar-refractivity contribution in [3.05, 3.63) is 23.3 Å². The Balaban J connectivity index is 3.04. The Kier molecular flexibility index (Phi) is 2.47. The van der Waals surface area contributed by atoms with Gasteiger partial charge in [-0.3, -0.25) is 0 Å². The summed E-state index contributed by atoms with van der Waals surface area (Å²) in [6.07, 6.45) is 4.42. The molecule has 0 aromatic heterocycles. The SMILES string of the molecule is O=S(=O)(Cl)C1=CC=CNC1Cl. The summed E-state index contributed by atoms with van der Waals surface area (Å²) in [6, 6.07) is 0. The Morgan fingerprint density at radius 1 is 1.55 bits per heavy atom. The Hall–Kier alpha value is -0.190. The van der Waals surface area contributed by atoms with Crippen LogP contribution in [0.2, 0.25) is 0 Å². The number of nitrogens with one attached hydrogen (secondary N) is 1. The van der Waals surface area contributed by atoms with Crippen LogP contribution in [0.5, 0.6) is 0 Å². The largest absolute Gasteiger partial charge is 0.371 e. The van der Waals surface area contributed by atoms with E-state index in [1.165, 1.54) is 12.2 Å². The van der Waals surface area contributed by atoms with Crippen LogP contribution in [0.15, 0.2) is 23.3 Å². The highest BCUT2D eigenvalue weighted by atomic mass is 35.7. The standard InChI is InChI=1S/C5H5Cl2NO2S/c6-5-4(11(7,9)10)2-1-3-8-5/h1-3,5,8H. The van der Waals surface area contributed by atoms with E-state index in [1.54, 1.807) is 6.20 Å². The van der Waals surface area contributed by atoms with Crippen molar-refractivity contribution in [3.8, 4) is 0 Å². The van der Waals surface area contributed by atoms with Crippen LogP contribution in [0.3, 0.4) is 0 Å². The van der Waals surface area contributed by atoms with Gasteiger partial charge in [-0.05, 0) is 18.4 Å². The third-order valence-corrected chi connectivity index (χ3v) is 3.09. The van der Waals surface area contributed by atoms with Crippen LogP contribution >= 0.6 is 22.3 Å². The van der Waals surface area contributed by atoms with Gasteiger partial charge < -0.3 is 5.32 Å². The number of rotatable bonds is 1. The second-order valence-corrected chi connectivity index (χ2v) is 4.90. The first-order chi connectivity index (χ1) is 5.02. The maximum atomic E-state index is 10.7. The molecule has 1 unspecified atom stereocenters. The van der Waals surface area contributed by atoms with Crippen LogP contribution in [-0.4, -0.2) is 13.9 Å². The van der Waals surface area contributed by atoms with Crippen LogP contribution in [0.4, 0.5) is 0 Å². The van der Waals surface area contributed by atoms with E-state index < -0.39 is 14.6 Å². The summed E-state index contributed by atoms with van der Waals surface area (Å²) < 4.78 is 21.5. The molecule has 0 fully saturated rings. The molecule has 1 atom stereocenters. The number of halogens is 2. The minimum atomic E-state index is -3.69. The van der Waals surface area contributed by atoms with E-state index in [1.807, 2.05) is 0 Å². The van der Waals surface area contributed by atoms with E-state index in [2.05, 4.69) is 5.32 Å². The topological polar surface area (TPSA) is 46.2 Å². The van der Waals surface area contributed by atoms with Crippen molar-refractivity contribution in [2.24, 2.45) is 0 Å². The van der Waals surface area contributed by atoms with Gasteiger partial charge >= 0.3 is 0 Å². The van der Waals surface area contributed by atoms with Crippen molar-refractivity contribution >= 4 is 31.3 Å². The average Bonchev–Trinajstić information content (AvgIpc) is 1.86. The molecule has 11 heavy (non-hydrogen) atoms. The van der Waals surface area contributed by atoms with Gasteiger partial charge in [0.25, 0.3) is 9.05 Å². The van der Waals surface area contributed by atoms with Gasteiger partial charge in [0.15, 0.2) is 0 Å². The van der Waals surface area contributed by atoms with Gasteiger partial charge in [0.05, 0.1) is 4.91 Å². The summed E-state index contributed by atoms with van der Waals surface area (Å²) in [6.45, 7) is 0. The van der Waals surface area contributed by atoms with Crippen molar-refractivity contribution < 1.29 is 8.42 Å². The maximum Gasteiger partial charge on any atom is 0.260 e. The maximum absolute atomic E-state index is 10.7. The second-order valence-electron chi connectivity index (χ2n) is 1.90. The zero-order valence-electron chi connectivity index (χ0n) is 5.29. The molecule has 1 N–H and O–H groups in total. The van der Waals surface area contributed by atoms with Gasteiger partial charge in [-0.15, -0.1) is 0 Å². The summed E-state index contributed by atoms with van der Waals surface area (Å²) in [4.78, 5) is -0.0247. The molecule has 1 heterocycles. The van der Waals surface area contributed by atoms with Crippen LogP contribution in [0, 0.1) is 0 Å². The van der Waals surface area contributed by atoms with Gasteiger partial charge in [0.2, 0.25) is 0 Å². The van der Waals surface area contributed by atoms with Crippen LogP contribution in [0.25, 0.3) is 0 Å². The van der Waals surface area contributed by atoms with Gasteiger partial charge in [-0.1, -0.05) is 11.6 Å². The molecule has 0 saturated heterocycles. The van der Waals surface area contributed by atoms with Crippen molar-refractivity contribution in [2.75, 3.05) is 0 Å². The first-order valence-corrected chi connectivity index (χ1v) is 5.48. The molecular formula is C5H5Cl2NO2S. The highest BCUT2D eigenvalue weighted by Gasteiger charge is 2.22. The van der Waals surface area contributed by atoms with E-state index in [0.29, 0.717) is 0 Å². The van der Waals surface area contributed by atoms with E-state index in [9.17, 15) is 8.42 Å². The Morgan fingerprint density at radius 3 is 2.55 bits per heavy atom. The van der Waals surface area contributed by atoms with Crippen LogP contribution in [-0.2, 0) is 9.05 Å². The Morgan fingerprint density at radius 2 is 2.18 bits per heavy atom. The fourth-order valence-corrected chi connectivity index (χ4v) is 2.27. The molecular weight excluding hydrogens is 209 g/mol. The van der Waals surface area contributed by atoms with E-state index in [-0.39, 0.29) is 4.91 Å². The molecule has 0 aliphatic carbocycles. The molecule has 1 aliphatic rings. The number of allylic oxidation sites excluding steroid dienone is 2. The zero-order valence-corrected chi connectivity index (χ0v) is 7.62. The monoisotopic (exact) mass is 213 g/mol. The zero-order chi connectivity index (χ0) is 8.48. The highest BCUT2D eigenvalue weighted by Crippen LogP contribution is 2.20. The molecule has 0 amide bonds. The molecule has 0 bridgehead atoms. The number of alkyl halides is 1. The predicted molar refractivity (Wildman–Crippen MR) is 44.8 cm³/mol. The molecule has 0 saturated carbocycles. The molecule has 0 radical (unpaired) electrons. The van der Waals surface area contributed by atoms with Crippen molar-refractivity contribution in [3.63, 3.8) is 0 Å². The number of dihydropyridines is 1. The highest BCUT2D eigenvalue weighted by molar-refractivity contribution is 8.16. The molecule has 1 rings (SSSR count). The molecule has 6 heteroatoms. The normalized spacial score (nSPS) is 24.2. The fourth-order valence-electron chi connectivity index (χ4n) is 0.654. The molecule has 62 valence electrons. The Labute approximate surface area is 74.1 Å². The quantitative estimate of drug-likeness (QED) is 0.404. The summed E-state index contributed by atoms with van der Waals surface area (Å²) in [5.41, 5.74) is -0.762. The summed E-state index contributed by atoms with van der Waals surface area (Å²) >= 11 is 5.57. The van der Waals surface area contributed by atoms with Crippen molar-refractivity contribution in [1.29, 1.82) is 0 Å². The van der Waals surface area contributed by atoms with Gasteiger partial charge in [-0.2, -0.15) is 0 Å². The lowest BCUT2D eigenvalue weighted by Crippen LogP contribution is -2.25. The number of hydrogen-bond donors (Lipinski definition) is 1. The lowest BCUT2D eigenvalue weighted by Gasteiger charge is -2.13. The first kappa shape index (κ1) is 8.90. The van der Waals surface area contributed by atoms with Crippen LogP contribution in [0.1, 0.15) is 0 Å².